The topological polar surface area (TPSA) is 61.6 Å². The zero-order valence-electron chi connectivity index (χ0n) is 15.7. The van der Waals surface area contributed by atoms with Crippen molar-refractivity contribution < 1.29 is 9.90 Å². The summed E-state index contributed by atoms with van der Waals surface area (Å²) in [4.78, 5) is 16.6. The first-order valence-corrected chi connectivity index (χ1v) is 9.30. The second kappa shape index (κ2) is 8.47. The Labute approximate surface area is 155 Å². The Kier molecular flexibility index (Phi) is 6.06. The number of hydrogen-bond donors (Lipinski definition) is 1. The van der Waals surface area contributed by atoms with Gasteiger partial charge in [-0.25, -0.2) is 4.68 Å². The summed E-state index contributed by atoms with van der Waals surface area (Å²) in [6.07, 6.45) is 1.30. The lowest BCUT2D eigenvalue weighted by molar-refractivity contribution is -0.132. The molecule has 1 amide bonds. The first kappa shape index (κ1) is 18.6. The fourth-order valence-electron chi connectivity index (χ4n) is 3.47. The molecule has 1 N–H and O–H groups in total. The molecule has 3 rings (SSSR count). The average Bonchev–Trinajstić information content (AvgIpc) is 2.99. The standard InChI is InChI=1S/C20H28N4O2/c1-16-15-17(2)24(21-16)19-6-3-18(4-7-19)5-8-20(26)23-11-9-22(10-12-23)13-14-25/h3-4,6-7,15,25H,5,8-14H2,1-2H3. The summed E-state index contributed by atoms with van der Waals surface area (Å²) < 4.78 is 1.94. The third kappa shape index (κ3) is 4.51. The Morgan fingerprint density at radius 1 is 1.12 bits per heavy atom. The van der Waals surface area contributed by atoms with Crippen LogP contribution < -0.4 is 0 Å². The molecular formula is C20H28N4O2. The lowest BCUT2D eigenvalue weighted by Gasteiger charge is -2.34. The fraction of sp³-hybridized carbons (Fsp3) is 0.500. The summed E-state index contributed by atoms with van der Waals surface area (Å²) in [6, 6.07) is 10.4. The maximum Gasteiger partial charge on any atom is 0.222 e. The number of nitrogens with zero attached hydrogens (tertiary/aromatic N) is 4. The van der Waals surface area contributed by atoms with Crippen LogP contribution in [0, 0.1) is 13.8 Å². The van der Waals surface area contributed by atoms with Gasteiger partial charge in [0.2, 0.25) is 5.91 Å². The molecule has 6 nitrogen and oxygen atoms in total. The predicted molar refractivity (Wildman–Crippen MR) is 101 cm³/mol. The van der Waals surface area contributed by atoms with Crippen LogP contribution in [-0.4, -0.2) is 69.9 Å². The lowest BCUT2D eigenvalue weighted by atomic mass is 10.1. The van der Waals surface area contributed by atoms with Crippen LogP contribution in [0.25, 0.3) is 5.69 Å². The average molecular weight is 356 g/mol. The molecule has 0 bridgehead atoms. The highest BCUT2D eigenvalue weighted by Crippen LogP contribution is 2.14. The number of rotatable bonds is 6. The van der Waals surface area contributed by atoms with Gasteiger partial charge in [0, 0.05) is 44.8 Å². The summed E-state index contributed by atoms with van der Waals surface area (Å²) in [6.45, 7) is 8.14. The molecule has 1 fully saturated rings. The van der Waals surface area contributed by atoms with Crippen molar-refractivity contribution in [2.75, 3.05) is 39.3 Å². The van der Waals surface area contributed by atoms with Crippen molar-refractivity contribution in [3.8, 4) is 5.69 Å². The smallest absolute Gasteiger partial charge is 0.222 e. The number of aliphatic hydroxyl groups is 1. The van der Waals surface area contributed by atoms with E-state index in [1.807, 2.05) is 23.4 Å². The molecule has 1 saturated heterocycles. The molecule has 26 heavy (non-hydrogen) atoms. The number of piperazine rings is 1. The van der Waals surface area contributed by atoms with E-state index in [-0.39, 0.29) is 12.5 Å². The van der Waals surface area contributed by atoms with Gasteiger partial charge in [-0.05, 0) is 44.0 Å². The zero-order chi connectivity index (χ0) is 18.5. The summed E-state index contributed by atoms with van der Waals surface area (Å²) in [5, 5.41) is 13.5. The predicted octanol–water partition coefficient (Wildman–Crippen LogP) is 1.56. The zero-order valence-corrected chi connectivity index (χ0v) is 15.7. The fourth-order valence-corrected chi connectivity index (χ4v) is 3.47. The molecule has 2 heterocycles. The summed E-state index contributed by atoms with van der Waals surface area (Å²) in [7, 11) is 0. The number of carbonyl (C=O) groups excluding carboxylic acids is 1. The number of benzene rings is 1. The molecule has 0 radical (unpaired) electrons. The van der Waals surface area contributed by atoms with E-state index in [0.717, 1.165) is 49.7 Å². The highest BCUT2D eigenvalue weighted by Gasteiger charge is 2.20. The van der Waals surface area contributed by atoms with Crippen molar-refractivity contribution in [3.63, 3.8) is 0 Å². The highest BCUT2D eigenvalue weighted by atomic mass is 16.3. The minimum atomic E-state index is 0.182. The number of hydrogen-bond acceptors (Lipinski definition) is 4. The van der Waals surface area contributed by atoms with Crippen LogP contribution >= 0.6 is 0 Å². The van der Waals surface area contributed by atoms with Gasteiger partial charge in [0.05, 0.1) is 18.0 Å². The SMILES string of the molecule is Cc1cc(C)n(-c2ccc(CCC(=O)N3CCN(CCO)CC3)cc2)n1. The monoisotopic (exact) mass is 356 g/mol. The second-order valence-electron chi connectivity index (χ2n) is 6.95. The summed E-state index contributed by atoms with van der Waals surface area (Å²) >= 11 is 0. The van der Waals surface area contributed by atoms with E-state index in [4.69, 9.17) is 5.11 Å². The van der Waals surface area contributed by atoms with E-state index in [1.165, 1.54) is 5.56 Å². The maximum atomic E-state index is 12.4. The van der Waals surface area contributed by atoms with Crippen molar-refractivity contribution in [1.29, 1.82) is 0 Å². The van der Waals surface area contributed by atoms with Gasteiger partial charge in [-0.15, -0.1) is 0 Å². The Balaban J connectivity index is 1.50. The molecule has 1 aliphatic heterocycles. The molecule has 0 aliphatic carbocycles. The molecule has 1 aliphatic rings. The highest BCUT2D eigenvalue weighted by molar-refractivity contribution is 5.76. The van der Waals surface area contributed by atoms with Gasteiger partial charge in [0.25, 0.3) is 0 Å². The van der Waals surface area contributed by atoms with E-state index in [9.17, 15) is 4.79 Å². The Morgan fingerprint density at radius 2 is 1.81 bits per heavy atom. The first-order chi connectivity index (χ1) is 12.6. The Morgan fingerprint density at radius 3 is 2.38 bits per heavy atom. The molecule has 1 aromatic carbocycles. The van der Waals surface area contributed by atoms with Crippen molar-refractivity contribution in [2.45, 2.75) is 26.7 Å². The van der Waals surface area contributed by atoms with Gasteiger partial charge in [-0.3, -0.25) is 9.69 Å². The van der Waals surface area contributed by atoms with Crippen molar-refractivity contribution in [3.05, 3.63) is 47.3 Å². The van der Waals surface area contributed by atoms with Crippen LogP contribution in [0.3, 0.4) is 0 Å². The molecular weight excluding hydrogens is 328 g/mol. The van der Waals surface area contributed by atoms with Crippen LogP contribution in [0.1, 0.15) is 23.4 Å². The third-order valence-electron chi connectivity index (χ3n) is 4.96. The van der Waals surface area contributed by atoms with E-state index < -0.39 is 0 Å². The molecule has 0 spiro atoms. The van der Waals surface area contributed by atoms with Gasteiger partial charge in [-0.1, -0.05) is 12.1 Å². The number of β-amino-alcohol motifs (C(OH)–C–C–N with tert-alkyl or cyclic N) is 1. The van der Waals surface area contributed by atoms with Crippen LogP contribution in [0.5, 0.6) is 0 Å². The number of aryl methyl sites for hydroxylation is 3. The Bertz CT molecular complexity index is 731. The van der Waals surface area contributed by atoms with Crippen molar-refractivity contribution in [2.24, 2.45) is 0 Å². The minimum Gasteiger partial charge on any atom is -0.395 e. The second-order valence-corrected chi connectivity index (χ2v) is 6.95. The summed E-state index contributed by atoms with van der Waals surface area (Å²) in [5.41, 5.74) is 4.34. The van der Waals surface area contributed by atoms with Crippen LogP contribution in [0.2, 0.25) is 0 Å². The quantitative estimate of drug-likeness (QED) is 0.853. The molecule has 1 aromatic heterocycles. The minimum absolute atomic E-state index is 0.182. The number of carbonyl (C=O) groups is 1. The van der Waals surface area contributed by atoms with Crippen LogP contribution in [-0.2, 0) is 11.2 Å². The van der Waals surface area contributed by atoms with Crippen molar-refractivity contribution >= 4 is 5.91 Å². The van der Waals surface area contributed by atoms with Gasteiger partial charge >= 0.3 is 0 Å². The van der Waals surface area contributed by atoms with E-state index in [0.29, 0.717) is 13.0 Å². The Hall–Kier alpha value is -2.18. The van der Waals surface area contributed by atoms with Crippen molar-refractivity contribution in [1.82, 2.24) is 19.6 Å². The number of amides is 1. The summed E-state index contributed by atoms with van der Waals surface area (Å²) in [5.74, 6) is 0.219. The van der Waals surface area contributed by atoms with Gasteiger partial charge in [0.1, 0.15) is 0 Å². The molecule has 0 unspecified atom stereocenters. The molecule has 6 heteroatoms. The van der Waals surface area contributed by atoms with Gasteiger partial charge < -0.3 is 10.0 Å². The molecule has 0 saturated carbocycles. The van der Waals surface area contributed by atoms with Crippen LogP contribution in [0.15, 0.2) is 30.3 Å². The molecule has 0 atom stereocenters. The maximum absolute atomic E-state index is 12.4. The van der Waals surface area contributed by atoms with E-state index in [2.05, 4.69) is 40.3 Å². The normalized spacial score (nSPS) is 15.4. The van der Waals surface area contributed by atoms with Gasteiger partial charge in [-0.2, -0.15) is 5.10 Å². The van der Waals surface area contributed by atoms with Gasteiger partial charge in [0.15, 0.2) is 0 Å². The first-order valence-electron chi connectivity index (χ1n) is 9.30. The lowest BCUT2D eigenvalue weighted by Crippen LogP contribution is -2.49. The van der Waals surface area contributed by atoms with Crippen LogP contribution in [0.4, 0.5) is 0 Å². The largest absolute Gasteiger partial charge is 0.395 e. The molecule has 2 aromatic rings. The third-order valence-corrected chi connectivity index (χ3v) is 4.96. The van der Waals surface area contributed by atoms with E-state index in [1.54, 1.807) is 0 Å². The number of aliphatic hydroxyl groups excluding tert-OH is 1. The van der Waals surface area contributed by atoms with E-state index >= 15 is 0 Å². The number of aromatic nitrogens is 2. The molecule has 140 valence electrons.